The maximum Gasteiger partial charge on any atom is 0.122 e. The van der Waals surface area contributed by atoms with Crippen LogP contribution in [0.15, 0.2) is 12.1 Å². The van der Waals surface area contributed by atoms with E-state index >= 15 is 0 Å². The number of nitrogens with two attached hydrogens (primary N) is 1. The van der Waals surface area contributed by atoms with Crippen LogP contribution in [0.3, 0.4) is 0 Å². The second-order valence-electron chi connectivity index (χ2n) is 3.17. The normalized spacial score (nSPS) is 12.6. The molecule has 0 fully saturated rings. The van der Waals surface area contributed by atoms with Gasteiger partial charge in [0.25, 0.3) is 0 Å². The Morgan fingerprint density at radius 3 is 2.54 bits per heavy atom. The summed E-state index contributed by atoms with van der Waals surface area (Å²) in [4.78, 5) is 0. The summed E-state index contributed by atoms with van der Waals surface area (Å²) in [5.41, 5.74) is 7.29. The van der Waals surface area contributed by atoms with Gasteiger partial charge in [-0.15, -0.1) is 0 Å². The highest BCUT2D eigenvalue weighted by molar-refractivity contribution is 5.46. The number of hydrogen-bond acceptors (Lipinski definition) is 3. The SMILES string of the molecule is COc1cc(C(C)N)c(O)cc1C. The molecule has 0 aliphatic rings. The fourth-order valence-electron chi connectivity index (χ4n) is 1.27. The van der Waals surface area contributed by atoms with Gasteiger partial charge in [0.1, 0.15) is 11.5 Å². The fourth-order valence-corrected chi connectivity index (χ4v) is 1.27. The number of aromatic hydroxyl groups is 1. The van der Waals surface area contributed by atoms with Crippen molar-refractivity contribution in [2.75, 3.05) is 7.11 Å². The molecule has 0 radical (unpaired) electrons. The van der Waals surface area contributed by atoms with E-state index in [-0.39, 0.29) is 11.8 Å². The van der Waals surface area contributed by atoms with Crippen LogP contribution in [-0.4, -0.2) is 12.2 Å². The molecule has 1 rings (SSSR count). The van der Waals surface area contributed by atoms with E-state index in [1.165, 1.54) is 0 Å². The van der Waals surface area contributed by atoms with Crippen molar-refractivity contribution < 1.29 is 9.84 Å². The van der Waals surface area contributed by atoms with E-state index in [0.717, 1.165) is 11.3 Å². The molecule has 0 amide bonds. The summed E-state index contributed by atoms with van der Waals surface area (Å²) in [5.74, 6) is 0.985. The molecule has 1 aromatic rings. The Balaban J connectivity index is 3.22. The molecule has 1 aromatic carbocycles. The number of rotatable bonds is 2. The minimum Gasteiger partial charge on any atom is -0.508 e. The predicted octanol–water partition coefficient (Wildman–Crippen LogP) is 1.73. The summed E-state index contributed by atoms with van der Waals surface area (Å²) < 4.78 is 5.12. The Morgan fingerprint density at radius 1 is 1.46 bits per heavy atom. The van der Waals surface area contributed by atoms with Crippen molar-refractivity contribution in [3.63, 3.8) is 0 Å². The molecule has 0 aromatic heterocycles. The molecule has 1 atom stereocenters. The van der Waals surface area contributed by atoms with Crippen LogP contribution in [0.25, 0.3) is 0 Å². The standard InChI is InChI=1S/C10H15NO2/c1-6-4-9(12)8(7(2)11)5-10(6)13-3/h4-5,7,12H,11H2,1-3H3. The lowest BCUT2D eigenvalue weighted by Gasteiger charge is -2.12. The molecular formula is C10H15NO2. The van der Waals surface area contributed by atoms with Crippen LogP contribution < -0.4 is 10.5 Å². The third-order valence-electron chi connectivity index (χ3n) is 2.03. The lowest BCUT2D eigenvalue weighted by molar-refractivity contribution is 0.406. The van der Waals surface area contributed by atoms with Gasteiger partial charge in [-0.3, -0.25) is 0 Å². The monoisotopic (exact) mass is 181 g/mol. The van der Waals surface area contributed by atoms with Crippen LogP contribution in [0, 0.1) is 6.92 Å². The Kier molecular flexibility index (Phi) is 2.78. The molecule has 3 heteroatoms. The van der Waals surface area contributed by atoms with Crippen molar-refractivity contribution in [3.05, 3.63) is 23.3 Å². The minimum atomic E-state index is -0.186. The summed E-state index contributed by atoms with van der Waals surface area (Å²) in [5, 5.41) is 9.55. The number of ether oxygens (including phenoxy) is 1. The summed E-state index contributed by atoms with van der Waals surface area (Å²) in [6.45, 7) is 3.70. The zero-order valence-corrected chi connectivity index (χ0v) is 8.16. The summed E-state index contributed by atoms with van der Waals surface area (Å²) >= 11 is 0. The van der Waals surface area contributed by atoms with Gasteiger partial charge in [-0.2, -0.15) is 0 Å². The molecule has 0 saturated heterocycles. The largest absolute Gasteiger partial charge is 0.508 e. The summed E-state index contributed by atoms with van der Waals surface area (Å²) in [6, 6.07) is 3.25. The maximum absolute atomic E-state index is 9.55. The van der Waals surface area contributed by atoms with Crippen LogP contribution in [-0.2, 0) is 0 Å². The van der Waals surface area contributed by atoms with E-state index in [0.29, 0.717) is 5.56 Å². The fraction of sp³-hybridized carbons (Fsp3) is 0.400. The summed E-state index contributed by atoms with van der Waals surface area (Å²) in [7, 11) is 1.60. The molecule has 0 spiro atoms. The van der Waals surface area contributed by atoms with Gasteiger partial charge in [0, 0.05) is 11.6 Å². The van der Waals surface area contributed by atoms with E-state index < -0.39 is 0 Å². The van der Waals surface area contributed by atoms with E-state index in [1.807, 2.05) is 13.8 Å². The van der Waals surface area contributed by atoms with Gasteiger partial charge < -0.3 is 15.6 Å². The van der Waals surface area contributed by atoms with Crippen LogP contribution in [0.4, 0.5) is 0 Å². The first-order valence-electron chi connectivity index (χ1n) is 4.19. The zero-order chi connectivity index (χ0) is 10.0. The van der Waals surface area contributed by atoms with Crippen molar-refractivity contribution in [1.29, 1.82) is 0 Å². The van der Waals surface area contributed by atoms with Gasteiger partial charge in [0.2, 0.25) is 0 Å². The summed E-state index contributed by atoms with van der Waals surface area (Å²) in [6.07, 6.45) is 0. The molecule has 0 aliphatic heterocycles. The van der Waals surface area contributed by atoms with Crippen molar-refractivity contribution in [1.82, 2.24) is 0 Å². The molecule has 0 bridgehead atoms. The quantitative estimate of drug-likeness (QED) is 0.730. The van der Waals surface area contributed by atoms with E-state index in [1.54, 1.807) is 19.2 Å². The first-order chi connectivity index (χ1) is 6.06. The molecule has 0 aliphatic carbocycles. The highest BCUT2D eigenvalue weighted by Crippen LogP contribution is 2.30. The number of aryl methyl sites for hydroxylation is 1. The number of hydrogen-bond donors (Lipinski definition) is 2. The molecule has 1 unspecified atom stereocenters. The second-order valence-corrected chi connectivity index (χ2v) is 3.17. The predicted molar refractivity (Wildman–Crippen MR) is 52.0 cm³/mol. The molecule has 0 saturated carbocycles. The van der Waals surface area contributed by atoms with Crippen molar-refractivity contribution in [2.24, 2.45) is 5.73 Å². The first-order valence-corrected chi connectivity index (χ1v) is 4.19. The third kappa shape index (κ3) is 1.92. The Hall–Kier alpha value is -1.22. The zero-order valence-electron chi connectivity index (χ0n) is 8.16. The minimum absolute atomic E-state index is 0.186. The molecular weight excluding hydrogens is 166 g/mol. The van der Waals surface area contributed by atoms with Crippen molar-refractivity contribution in [3.8, 4) is 11.5 Å². The van der Waals surface area contributed by atoms with E-state index in [2.05, 4.69) is 0 Å². The van der Waals surface area contributed by atoms with Crippen molar-refractivity contribution in [2.45, 2.75) is 19.9 Å². The van der Waals surface area contributed by atoms with Gasteiger partial charge in [-0.1, -0.05) is 0 Å². The average Bonchev–Trinajstić information content (AvgIpc) is 2.03. The third-order valence-corrected chi connectivity index (χ3v) is 2.03. The van der Waals surface area contributed by atoms with E-state index in [9.17, 15) is 5.11 Å². The highest BCUT2D eigenvalue weighted by Gasteiger charge is 2.09. The lowest BCUT2D eigenvalue weighted by Crippen LogP contribution is -2.05. The average molecular weight is 181 g/mol. The smallest absolute Gasteiger partial charge is 0.122 e. The molecule has 0 heterocycles. The molecule has 13 heavy (non-hydrogen) atoms. The lowest BCUT2D eigenvalue weighted by atomic mass is 10.0. The number of phenols is 1. The van der Waals surface area contributed by atoms with E-state index in [4.69, 9.17) is 10.5 Å². The Labute approximate surface area is 78.1 Å². The first kappa shape index (κ1) is 9.86. The number of methoxy groups -OCH3 is 1. The molecule has 3 N–H and O–H groups in total. The molecule has 3 nitrogen and oxygen atoms in total. The number of phenolic OH excluding ortho intramolecular Hbond substituents is 1. The van der Waals surface area contributed by atoms with Gasteiger partial charge in [-0.25, -0.2) is 0 Å². The van der Waals surface area contributed by atoms with Gasteiger partial charge in [-0.05, 0) is 31.5 Å². The van der Waals surface area contributed by atoms with Crippen LogP contribution in [0.5, 0.6) is 11.5 Å². The van der Waals surface area contributed by atoms with Crippen LogP contribution >= 0.6 is 0 Å². The maximum atomic E-state index is 9.55. The Morgan fingerprint density at radius 2 is 2.08 bits per heavy atom. The molecule has 72 valence electrons. The van der Waals surface area contributed by atoms with Crippen molar-refractivity contribution >= 4 is 0 Å². The second kappa shape index (κ2) is 3.66. The Bertz CT molecular complexity index is 308. The van der Waals surface area contributed by atoms with Crippen LogP contribution in [0.1, 0.15) is 24.1 Å². The van der Waals surface area contributed by atoms with Gasteiger partial charge in [0.05, 0.1) is 7.11 Å². The van der Waals surface area contributed by atoms with Gasteiger partial charge in [0.15, 0.2) is 0 Å². The van der Waals surface area contributed by atoms with Gasteiger partial charge >= 0.3 is 0 Å². The topological polar surface area (TPSA) is 55.5 Å². The number of benzene rings is 1. The highest BCUT2D eigenvalue weighted by atomic mass is 16.5. The van der Waals surface area contributed by atoms with Crippen LogP contribution in [0.2, 0.25) is 0 Å².